The minimum absolute atomic E-state index is 0.226. The van der Waals surface area contributed by atoms with Crippen LogP contribution in [0.4, 0.5) is 10.8 Å². The summed E-state index contributed by atoms with van der Waals surface area (Å²) in [6, 6.07) is 2.08. The second-order valence-corrected chi connectivity index (χ2v) is 7.46. The number of carbonyl (C=O) groups is 1. The van der Waals surface area contributed by atoms with Gasteiger partial charge in [0.1, 0.15) is 9.71 Å². The van der Waals surface area contributed by atoms with E-state index in [4.69, 9.17) is 10.7 Å². The van der Waals surface area contributed by atoms with Crippen LogP contribution in [0.3, 0.4) is 0 Å². The fraction of sp³-hybridized carbons (Fsp3) is 0.267. The lowest BCUT2D eigenvalue weighted by Gasteiger charge is -2.24. The van der Waals surface area contributed by atoms with E-state index in [2.05, 4.69) is 28.3 Å². The summed E-state index contributed by atoms with van der Waals surface area (Å²) in [4.78, 5) is 24.8. The van der Waals surface area contributed by atoms with Crippen LogP contribution in [0.5, 0.6) is 0 Å². The van der Waals surface area contributed by atoms with Crippen molar-refractivity contribution < 1.29 is 4.79 Å². The number of likely N-dealkylation sites (N-methyl/N-ethyl adjacent to an activating group) is 1. The number of rotatable bonds is 2. The van der Waals surface area contributed by atoms with Crippen molar-refractivity contribution >= 4 is 49.6 Å². The normalized spacial score (nSPS) is 14.8. The van der Waals surface area contributed by atoms with Crippen molar-refractivity contribution in [1.82, 2.24) is 14.9 Å². The molecule has 0 aromatic carbocycles. The number of fused-ring (bicyclic) bond motifs is 2. The predicted octanol–water partition coefficient (Wildman–Crippen LogP) is 2.58. The highest BCUT2D eigenvalue weighted by atomic mass is 32.1. The average Bonchev–Trinajstić information content (AvgIpc) is 3.14. The molecule has 0 saturated heterocycles. The summed E-state index contributed by atoms with van der Waals surface area (Å²) in [7, 11) is 2.09. The third kappa shape index (κ3) is 2.58. The van der Waals surface area contributed by atoms with Crippen molar-refractivity contribution in [2.75, 3.05) is 24.6 Å². The molecule has 4 rings (SSSR count). The summed E-state index contributed by atoms with van der Waals surface area (Å²) < 4.78 is 0. The van der Waals surface area contributed by atoms with Crippen molar-refractivity contribution in [3.63, 3.8) is 0 Å². The molecule has 3 aromatic heterocycles. The lowest BCUT2D eigenvalue weighted by Crippen LogP contribution is -2.27. The Balaban J connectivity index is 1.74. The van der Waals surface area contributed by atoms with Crippen LogP contribution in [0.25, 0.3) is 10.2 Å². The number of hydrogen-bond donors (Lipinski definition) is 2. The van der Waals surface area contributed by atoms with Gasteiger partial charge in [0.2, 0.25) is 0 Å². The SMILES string of the molecule is CN1CCc2nc3sc(C(=O)Nc4nccs4)c(N)c3cc2C1. The van der Waals surface area contributed by atoms with Crippen LogP contribution in [-0.4, -0.2) is 34.4 Å². The molecule has 1 aliphatic rings. The summed E-state index contributed by atoms with van der Waals surface area (Å²) in [6.07, 6.45) is 2.58. The molecule has 1 amide bonds. The predicted molar refractivity (Wildman–Crippen MR) is 94.1 cm³/mol. The molecule has 0 radical (unpaired) electrons. The van der Waals surface area contributed by atoms with E-state index in [0.29, 0.717) is 15.7 Å². The Morgan fingerprint density at radius 1 is 1.48 bits per heavy atom. The third-order valence-electron chi connectivity index (χ3n) is 3.92. The molecule has 0 spiro atoms. The number of nitrogens with one attached hydrogen (secondary N) is 1. The monoisotopic (exact) mass is 345 g/mol. The van der Waals surface area contributed by atoms with Crippen LogP contribution in [0.2, 0.25) is 0 Å². The minimum Gasteiger partial charge on any atom is -0.397 e. The molecule has 3 aromatic rings. The van der Waals surface area contributed by atoms with E-state index in [1.807, 2.05) is 5.38 Å². The molecule has 118 valence electrons. The number of aromatic nitrogens is 2. The van der Waals surface area contributed by atoms with Crippen molar-refractivity contribution in [3.05, 3.63) is 33.8 Å². The highest BCUT2D eigenvalue weighted by Crippen LogP contribution is 2.35. The quantitative estimate of drug-likeness (QED) is 0.746. The topological polar surface area (TPSA) is 84.1 Å². The Labute approximate surface area is 141 Å². The Bertz CT molecular complexity index is 887. The van der Waals surface area contributed by atoms with E-state index in [-0.39, 0.29) is 5.91 Å². The second kappa shape index (κ2) is 5.55. The summed E-state index contributed by atoms with van der Waals surface area (Å²) in [5, 5.41) is 6.03. The maximum Gasteiger partial charge on any atom is 0.269 e. The molecule has 0 saturated carbocycles. The van der Waals surface area contributed by atoms with Crippen LogP contribution < -0.4 is 11.1 Å². The maximum atomic E-state index is 12.4. The fourth-order valence-corrected chi connectivity index (χ4v) is 4.26. The standard InChI is InChI=1S/C15H15N5OS2/c1-20-4-2-10-8(7-20)6-9-11(16)12(23-14(9)18-10)13(21)19-15-17-3-5-22-15/h3,5-6H,2,4,7,16H2,1H3,(H,17,19,21). The maximum absolute atomic E-state index is 12.4. The number of nitrogen functional groups attached to an aromatic ring is 1. The van der Waals surface area contributed by atoms with Gasteiger partial charge in [-0.2, -0.15) is 0 Å². The van der Waals surface area contributed by atoms with Crippen LogP contribution in [0, 0.1) is 0 Å². The van der Waals surface area contributed by atoms with Gasteiger partial charge in [0.25, 0.3) is 5.91 Å². The van der Waals surface area contributed by atoms with E-state index in [9.17, 15) is 4.79 Å². The highest BCUT2D eigenvalue weighted by molar-refractivity contribution is 7.21. The van der Waals surface area contributed by atoms with Crippen LogP contribution >= 0.6 is 22.7 Å². The van der Waals surface area contributed by atoms with E-state index in [1.54, 1.807) is 6.20 Å². The van der Waals surface area contributed by atoms with Crippen molar-refractivity contribution in [2.45, 2.75) is 13.0 Å². The van der Waals surface area contributed by atoms with Gasteiger partial charge >= 0.3 is 0 Å². The molecule has 23 heavy (non-hydrogen) atoms. The van der Waals surface area contributed by atoms with Gasteiger partial charge in [-0.25, -0.2) is 9.97 Å². The molecule has 1 aliphatic heterocycles. The number of carbonyl (C=O) groups excluding carboxylic acids is 1. The van der Waals surface area contributed by atoms with Gasteiger partial charge in [-0.3, -0.25) is 10.1 Å². The van der Waals surface area contributed by atoms with E-state index in [1.165, 1.54) is 28.2 Å². The van der Waals surface area contributed by atoms with E-state index < -0.39 is 0 Å². The van der Waals surface area contributed by atoms with Crippen molar-refractivity contribution in [1.29, 1.82) is 0 Å². The zero-order chi connectivity index (χ0) is 16.0. The molecule has 0 fully saturated rings. The zero-order valence-corrected chi connectivity index (χ0v) is 14.1. The van der Waals surface area contributed by atoms with Gasteiger partial charge in [-0.1, -0.05) is 0 Å². The summed E-state index contributed by atoms with van der Waals surface area (Å²) in [5.74, 6) is -0.226. The Hall–Kier alpha value is -2.03. The number of pyridine rings is 1. The largest absolute Gasteiger partial charge is 0.397 e. The lowest BCUT2D eigenvalue weighted by molar-refractivity contribution is 0.103. The molecule has 6 nitrogen and oxygen atoms in total. The molecule has 8 heteroatoms. The molecule has 4 heterocycles. The van der Waals surface area contributed by atoms with E-state index >= 15 is 0 Å². The number of thiazole rings is 1. The lowest BCUT2D eigenvalue weighted by atomic mass is 10.0. The Morgan fingerprint density at radius 3 is 3.13 bits per heavy atom. The van der Waals surface area contributed by atoms with Gasteiger partial charge in [0.15, 0.2) is 5.13 Å². The molecule has 3 N–H and O–H groups in total. The van der Waals surface area contributed by atoms with Gasteiger partial charge < -0.3 is 10.6 Å². The second-order valence-electron chi connectivity index (χ2n) is 5.57. The Morgan fingerprint density at radius 2 is 2.35 bits per heavy atom. The Kier molecular flexibility index (Phi) is 3.51. The molecule has 0 atom stereocenters. The number of nitrogens with zero attached hydrogens (tertiary/aromatic N) is 3. The first-order chi connectivity index (χ1) is 11.1. The van der Waals surface area contributed by atoms with Gasteiger partial charge in [0.05, 0.1) is 5.69 Å². The van der Waals surface area contributed by atoms with Crippen molar-refractivity contribution in [2.24, 2.45) is 0 Å². The highest BCUT2D eigenvalue weighted by Gasteiger charge is 2.21. The molecule has 0 unspecified atom stereocenters. The molecular formula is C15H15N5OS2. The summed E-state index contributed by atoms with van der Waals surface area (Å²) in [6.45, 7) is 1.87. The number of hydrogen-bond acceptors (Lipinski definition) is 7. The third-order valence-corrected chi connectivity index (χ3v) is 5.72. The minimum atomic E-state index is -0.226. The summed E-state index contributed by atoms with van der Waals surface area (Å²) >= 11 is 2.72. The summed E-state index contributed by atoms with van der Waals surface area (Å²) in [5.41, 5.74) is 9.03. The molecule has 0 bridgehead atoms. The van der Waals surface area contributed by atoms with Crippen LogP contribution in [0.1, 0.15) is 20.9 Å². The van der Waals surface area contributed by atoms with E-state index in [0.717, 1.165) is 35.4 Å². The number of thiophene rings is 1. The van der Waals surface area contributed by atoms with Gasteiger partial charge in [0, 0.05) is 42.2 Å². The first-order valence-electron chi connectivity index (χ1n) is 7.22. The fourth-order valence-electron chi connectivity index (χ4n) is 2.75. The smallest absolute Gasteiger partial charge is 0.269 e. The number of anilines is 2. The molecular weight excluding hydrogens is 330 g/mol. The first kappa shape index (κ1) is 14.6. The van der Waals surface area contributed by atoms with Crippen molar-refractivity contribution in [3.8, 4) is 0 Å². The van der Waals surface area contributed by atoms with Gasteiger partial charge in [-0.15, -0.1) is 22.7 Å². The number of nitrogens with two attached hydrogens (primary N) is 1. The number of amides is 1. The zero-order valence-electron chi connectivity index (χ0n) is 12.5. The first-order valence-corrected chi connectivity index (χ1v) is 8.91. The van der Waals surface area contributed by atoms with Crippen LogP contribution in [-0.2, 0) is 13.0 Å². The molecule has 0 aliphatic carbocycles. The average molecular weight is 345 g/mol. The van der Waals surface area contributed by atoms with Gasteiger partial charge in [-0.05, 0) is 18.7 Å². The van der Waals surface area contributed by atoms with Crippen LogP contribution in [0.15, 0.2) is 17.6 Å².